The Morgan fingerprint density at radius 1 is 1.00 bits per heavy atom. The molecule has 172 valence electrons. The number of pyridine rings is 1. The average Bonchev–Trinajstić information content (AvgIpc) is 3.18. The lowest BCUT2D eigenvalue weighted by Gasteiger charge is -2.27. The van der Waals surface area contributed by atoms with Crippen LogP contribution in [0.4, 0.5) is 5.69 Å². The van der Waals surface area contributed by atoms with Gasteiger partial charge < -0.3 is 5.32 Å². The van der Waals surface area contributed by atoms with Crippen LogP contribution in [0, 0.1) is 12.6 Å². The summed E-state index contributed by atoms with van der Waals surface area (Å²) in [5.74, 6) is 0.650. The summed E-state index contributed by atoms with van der Waals surface area (Å²) in [5.41, 5.74) is 5.74. The van der Waals surface area contributed by atoms with Crippen molar-refractivity contribution in [3.63, 3.8) is 0 Å². The molecule has 0 saturated carbocycles. The second kappa shape index (κ2) is 8.56. The molecule has 0 unspecified atom stereocenters. The second-order valence-electron chi connectivity index (χ2n) is 10.7. The van der Waals surface area contributed by atoms with Crippen molar-refractivity contribution >= 4 is 39.6 Å². The smallest absolute Gasteiger partial charge is 0.217 e. The molecule has 0 aliphatic carbocycles. The van der Waals surface area contributed by atoms with Crippen LogP contribution in [0.5, 0.6) is 0 Å². The molecule has 2 nitrogen and oxygen atoms in total. The van der Waals surface area contributed by atoms with E-state index in [1.165, 1.54) is 31.7 Å². The topological polar surface area (TPSA) is 20.0 Å². The largest absolute Gasteiger partial charge is 0.656 e. The summed E-state index contributed by atoms with van der Waals surface area (Å²) in [6.07, 6.45) is 7.50. The summed E-state index contributed by atoms with van der Waals surface area (Å²) in [6, 6.07) is 19.9. The first-order valence-electron chi connectivity index (χ1n) is 12.0. The number of hydrogen-bond acceptors (Lipinski definition) is 1. The maximum atomic E-state index is 5.03. The molecule has 3 heteroatoms. The second-order valence-corrected chi connectivity index (χ2v) is 11.8. The van der Waals surface area contributed by atoms with Crippen LogP contribution >= 0.6 is 11.3 Å². The van der Waals surface area contributed by atoms with Crippen molar-refractivity contribution in [3.8, 4) is 11.3 Å². The predicted octanol–water partition coefficient (Wildman–Crippen LogP) is 7.83. The van der Waals surface area contributed by atoms with E-state index in [0.717, 1.165) is 28.7 Å². The van der Waals surface area contributed by atoms with E-state index in [9.17, 15) is 0 Å². The molecule has 1 aliphatic heterocycles. The van der Waals surface area contributed by atoms with Crippen molar-refractivity contribution in [1.29, 1.82) is 0 Å². The minimum Gasteiger partial charge on any atom is -0.656 e. The summed E-state index contributed by atoms with van der Waals surface area (Å²) >= 11 is 1.86. The number of fused-ring (bicyclic) bond motifs is 2. The van der Waals surface area contributed by atoms with Gasteiger partial charge in [-0.3, -0.25) is 0 Å². The van der Waals surface area contributed by atoms with Crippen LogP contribution in [0.3, 0.4) is 0 Å². The van der Waals surface area contributed by atoms with E-state index in [0.29, 0.717) is 5.92 Å². The fraction of sp³-hybridized carbons (Fsp3) is 0.258. The maximum absolute atomic E-state index is 5.03. The highest BCUT2D eigenvalue weighted by molar-refractivity contribution is 7.13. The number of nitrogens with zero attached hydrogens (tertiary/aromatic N) is 2. The molecule has 2 aromatic heterocycles. The van der Waals surface area contributed by atoms with Crippen LogP contribution in [0.2, 0.25) is 0 Å². The van der Waals surface area contributed by atoms with Gasteiger partial charge in [-0.25, -0.2) is 0 Å². The molecule has 4 aromatic rings. The summed E-state index contributed by atoms with van der Waals surface area (Å²) in [5, 5.41) is 8.70. The Morgan fingerprint density at radius 3 is 2.56 bits per heavy atom. The highest BCUT2D eigenvalue weighted by Gasteiger charge is 2.20. The minimum atomic E-state index is 0.0401. The van der Waals surface area contributed by atoms with E-state index < -0.39 is 0 Å². The molecule has 0 radical (unpaired) electrons. The Balaban J connectivity index is 1.62. The molecule has 1 aliphatic rings. The quantitative estimate of drug-likeness (QED) is 0.275. The van der Waals surface area contributed by atoms with Gasteiger partial charge in [-0.05, 0) is 57.5 Å². The van der Waals surface area contributed by atoms with E-state index in [1.54, 1.807) is 0 Å². The van der Waals surface area contributed by atoms with Gasteiger partial charge in [-0.2, -0.15) is 4.24 Å². The minimum absolute atomic E-state index is 0.0401. The molecule has 0 saturated heterocycles. The van der Waals surface area contributed by atoms with Crippen molar-refractivity contribution in [2.24, 2.45) is 5.92 Å². The zero-order valence-corrected chi connectivity index (χ0v) is 21.5. The molecule has 0 bridgehead atoms. The highest BCUT2D eigenvalue weighted by Crippen LogP contribution is 2.41. The Kier molecular flexibility index (Phi) is 5.69. The lowest BCUT2D eigenvalue weighted by molar-refractivity contribution is -0.486. The van der Waals surface area contributed by atoms with Gasteiger partial charge in [0, 0.05) is 27.5 Å². The van der Waals surface area contributed by atoms with Crippen molar-refractivity contribution in [2.45, 2.75) is 46.5 Å². The normalized spacial score (nSPS) is 15.0. The van der Waals surface area contributed by atoms with Gasteiger partial charge in [0.15, 0.2) is 6.20 Å². The molecule has 0 atom stereocenters. The molecule has 34 heavy (non-hydrogen) atoms. The Morgan fingerprint density at radius 2 is 1.79 bits per heavy atom. The van der Waals surface area contributed by atoms with E-state index in [2.05, 4.69) is 108 Å². The van der Waals surface area contributed by atoms with E-state index >= 15 is 0 Å². The van der Waals surface area contributed by atoms with Gasteiger partial charge in [0.1, 0.15) is 6.72 Å². The third-order valence-electron chi connectivity index (χ3n) is 6.33. The van der Waals surface area contributed by atoms with E-state index in [-0.39, 0.29) is 5.41 Å². The zero-order chi connectivity index (χ0) is 24.0. The molecular formula is C31H32N2S. The summed E-state index contributed by atoms with van der Waals surface area (Å²) in [4.78, 5) is 2.66. The molecular weight excluding hydrogens is 432 g/mol. The van der Waals surface area contributed by atoms with Gasteiger partial charge in [0.2, 0.25) is 5.69 Å². The van der Waals surface area contributed by atoms with Crippen LogP contribution < -0.4 is 9.46 Å². The number of hydrogen-bond donors (Lipinski definition) is 0. The number of thiophene rings is 1. The van der Waals surface area contributed by atoms with Gasteiger partial charge in [0.05, 0.1) is 0 Å². The van der Waals surface area contributed by atoms with Crippen molar-refractivity contribution in [2.75, 3.05) is 0 Å². The van der Waals surface area contributed by atoms with Gasteiger partial charge in [-0.1, -0.05) is 71.0 Å². The first-order chi connectivity index (χ1) is 16.2. The Labute approximate surface area is 206 Å². The third-order valence-corrected chi connectivity index (χ3v) is 7.44. The Hall–Kier alpha value is -3.17. The van der Waals surface area contributed by atoms with Crippen LogP contribution in [0.25, 0.3) is 39.1 Å². The first-order valence-corrected chi connectivity index (χ1v) is 12.8. The molecule has 3 heterocycles. The van der Waals surface area contributed by atoms with Crippen LogP contribution in [0.15, 0.2) is 66.9 Å². The van der Waals surface area contributed by atoms with Crippen molar-refractivity contribution < 1.29 is 4.24 Å². The lowest BCUT2D eigenvalue weighted by atomic mass is 9.82. The number of aromatic nitrogens is 1. The van der Waals surface area contributed by atoms with Crippen molar-refractivity contribution in [3.05, 3.63) is 99.4 Å². The van der Waals surface area contributed by atoms with Gasteiger partial charge >= 0.3 is 0 Å². The Bertz CT molecular complexity index is 1530. The summed E-state index contributed by atoms with van der Waals surface area (Å²) < 4.78 is 1.96. The summed E-state index contributed by atoms with van der Waals surface area (Å²) in [6.45, 7) is 15.6. The van der Waals surface area contributed by atoms with Crippen molar-refractivity contribution in [1.82, 2.24) is 0 Å². The summed E-state index contributed by atoms with van der Waals surface area (Å²) in [7, 11) is 0. The van der Waals surface area contributed by atoms with Crippen LogP contribution in [0.1, 0.15) is 49.9 Å². The SMILES string of the molecule is C=[n+]1ccc(=C2C=Cc3sc(CC(C)C)cc3[N-]2)cc1-c1cc(C(C)(C)C)c2ccccc2c1. The number of benzene rings is 2. The molecule has 5 rings (SSSR count). The fourth-order valence-electron chi connectivity index (χ4n) is 4.66. The average molecular weight is 465 g/mol. The predicted molar refractivity (Wildman–Crippen MR) is 147 cm³/mol. The standard InChI is InChI=1S/C31H32N2S/c1-20(2)15-24-19-28-30(34-24)12-11-27(32-28)22-13-14-33(6)29(18-22)23-16-21-9-7-8-10-25(21)26(17-23)31(3,4)5/h7-14,16-20H,6,15H2,1-5H3. The number of rotatable bonds is 3. The van der Waals surface area contributed by atoms with Crippen LogP contribution in [-0.4, -0.2) is 0 Å². The molecule has 2 aromatic carbocycles. The van der Waals surface area contributed by atoms with Gasteiger partial charge in [-0.15, -0.1) is 22.7 Å². The van der Waals surface area contributed by atoms with E-state index in [1.807, 2.05) is 21.8 Å². The van der Waals surface area contributed by atoms with E-state index in [4.69, 9.17) is 5.32 Å². The molecule has 0 N–H and O–H groups in total. The lowest BCUT2D eigenvalue weighted by Crippen LogP contribution is -2.22. The zero-order valence-electron chi connectivity index (χ0n) is 20.7. The first kappa shape index (κ1) is 22.6. The maximum Gasteiger partial charge on any atom is 0.217 e. The highest BCUT2D eigenvalue weighted by atomic mass is 32.1. The molecule has 0 fully saturated rings. The fourth-order valence-corrected chi connectivity index (χ4v) is 5.87. The van der Waals surface area contributed by atoms with Gasteiger partial charge in [0.25, 0.3) is 0 Å². The third kappa shape index (κ3) is 4.33. The molecule has 0 spiro atoms. The molecule has 0 amide bonds. The van der Waals surface area contributed by atoms with Crippen LogP contribution in [-0.2, 0) is 11.8 Å². The monoisotopic (exact) mass is 464 g/mol.